The maximum atomic E-state index is 12.1. The number of para-hydroxylation sites is 2. The van der Waals surface area contributed by atoms with Crippen LogP contribution in [0.15, 0.2) is 41.8 Å². The molecule has 0 atom stereocenters. The van der Waals surface area contributed by atoms with E-state index in [1.807, 2.05) is 29.6 Å². The summed E-state index contributed by atoms with van der Waals surface area (Å²) in [4.78, 5) is 25.2. The summed E-state index contributed by atoms with van der Waals surface area (Å²) in [6.45, 7) is 1.18. The van der Waals surface area contributed by atoms with Gasteiger partial charge in [0.25, 0.3) is 0 Å². The standard InChI is InChI=1S/C18H21N3O2S.ClH/c22-17(10-14-4-3-9-24-14)20-15-5-1-2-6-16(15)21-18(23)12-19-11-13-7-8-13;/h1-6,9,13,19H,7-8,10-12H2,(H,20,22)(H,21,23);1H. The van der Waals surface area contributed by atoms with Gasteiger partial charge in [0.15, 0.2) is 0 Å². The average molecular weight is 380 g/mol. The lowest BCUT2D eigenvalue weighted by Crippen LogP contribution is -2.29. The van der Waals surface area contributed by atoms with E-state index in [2.05, 4.69) is 16.0 Å². The van der Waals surface area contributed by atoms with Crippen LogP contribution >= 0.6 is 23.7 Å². The first-order valence-electron chi connectivity index (χ1n) is 8.12. The number of halogens is 1. The van der Waals surface area contributed by atoms with E-state index in [-0.39, 0.29) is 30.8 Å². The fourth-order valence-electron chi connectivity index (χ4n) is 2.37. The Hall–Kier alpha value is -1.89. The highest BCUT2D eigenvalue weighted by molar-refractivity contribution is 7.10. The lowest BCUT2D eigenvalue weighted by Gasteiger charge is -2.12. The Bertz CT molecular complexity index is 702. The maximum Gasteiger partial charge on any atom is 0.238 e. The zero-order valence-corrected chi connectivity index (χ0v) is 15.4. The average Bonchev–Trinajstić information content (AvgIpc) is 3.24. The molecule has 134 valence electrons. The molecule has 2 amide bonds. The van der Waals surface area contributed by atoms with Crippen LogP contribution in [0.4, 0.5) is 11.4 Å². The number of hydrogen-bond donors (Lipinski definition) is 3. The molecule has 2 aromatic rings. The molecule has 0 aliphatic heterocycles. The Morgan fingerprint density at radius 2 is 1.68 bits per heavy atom. The minimum Gasteiger partial charge on any atom is -0.324 e. The molecule has 1 fully saturated rings. The summed E-state index contributed by atoms with van der Waals surface area (Å²) in [7, 11) is 0. The van der Waals surface area contributed by atoms with Gasteiger partial charge >= 0.3 is 0 Å². The van der Waals surface area contributed by atoms with E-state index < -0.39 is 0 Å². The van der Waals surface area contributed by atoms with Crippen LogP contribution in [0.3, 0.4) is 0 Å². The third-order valence-electron chi connectivity index (χ3n) is 3.81. The molecule has 0 unspecified atom stereocenters. The Morgan fingerprint density at radius 1 is 1.00 bits per heavy atom. The van der Waals surface area contributed by atoms with E-state index in [0.717, 1.165) is 17.3 Å². The van der Waals surface area contributed by atoms with Crippen molar-refractivity contribution < 1.29 is 9.59 Å². The molecule has 1 aliphatic rings. The number of carbonyl (C=O) groups is 2. The van der Waals surface area contributed by atoms with Crippen molar-refractivity contribution in [1.82, 2.24) is 5.32 Å². The number of carbonyl (C=O) groups excluding carboxylic acids is 2. The van der Waals surface area contributed by atoms with E-state index in [0.29, 0.717) is 17.8 Å². The molecule has 3 N–H and O–H groups in total. The van der Waals surface area contributed by atoms with E-state index in [1.54, 1.807) is 23.5 Å². The summed E-state index contributed by atoms with van der Waals surface area (Å²) in [6.07, 6.45) is 2.85. The number of nitrogens with one attached hydrogen (secondary N) is 3. The lowest BCUT2D eigenvalue weighted by molar-refractivity contribution is -0.116. The van der Waals surface area contributed by atoms with Gasteiger partial charge in [0, 0.05) is 4.88 Å². The second-order valence-electron chi connectivity index (χ2n) is 5.97. The first-order valence-corrected chi connectivity index (χ1v) is 9.00. The van der Waals surface area contributed by atoms with Gasteiger partial charge in [0.05, 0.1) is 24.3 Å². The predicted molar refractivity (Wildman–Crippen MR) is 105 cm³/mol. The van der Waals surface area contributed by atoms with Crippen LogP contribution in [0.25, 0.3) is 0 Å². The molecule has 0 saturated heterocycles. The summed E-state index contributed by atoms with van der Waals surface area (Å²) in [5, 5.41) is 10.8. The number of anilines is 2. The van der Waals surface area contributed by atoms with Gasteiger partial charge in [0.2, 0.25) is 11.8 Å². The third kappa shape index (κ3) is 6.49. The van der Waals surface area contributed by atoms with Crippen molar-refractivity contribution >= 4 is 46.9 Å². The molecule has 1 aromatic heterocycles. The maximum absolute atomic E-state index is 12.1. The summed E-state index contributed by atoms with van der Waals surface area (Å²) in [6, 6.07) is 11.1. The van der Waals surface area contributed by atoms with Gasteiger partial charge in [0.1, 0.15) is 0 Å². The molecule has 5 nitrogen and oxygen atoms in total. The Morgan fingerprint density at radius 3 is 2.28 bits per heavy atom. The van der Waals surface area contributed by atoms with Gasteiger partial charge in [-0.15, -0.1) is 23.7 Å². The number of hydrogen-bond acceptors (Lipinski definition) is 4. The first-order chi connectivity index (χ1) is 11.7. The Labute approximate surface area is 157 Å². The van der Waals surface area contributed by atoms with Crippen molar-refractivity contribution in [2.24, 2.45) is 5.92 Å². The Balaban J connectivity index is 0.00000225. The monoisotopic (exact) mass is 379 g/mol. The molecule has 1 aromatic carbocycles. The van der Waals surface area contributed by atoms with Crippen LogP contribution in [0, 0.1) is 5.92 Å². The summed E-state index contributed by atoms with van der Waals surface area (Å²) in [5.41, 5.74) is 1.24. The van der Waals surface area contributed by atoms with Gasteiger partial charge in [-0.1, -0.05) is 18.2 Å². The molecular weight excluding hydrogens is 358 g/mol. The number of thiophene rings is 1. The van der Waals surface area contributed by atoms with Crippen LogP contribution in [-0.2, 0) is 16.0 Å². The predicted octanol–water partition coefficient (Wildman–Crippen LogP) is 3.29. The molecule has 7 heteroatoms. The van der Waals surface area contributed by atoms with Gasteiger partial charge in [-0.2, -0.15) is 0 Å². The van der Waals surface area contributed by atoms with Crippen LogP contribution in [0.1, 0.15) is 17.7 Å². The van der Waals surface area contributed by atoms with Crippen molar-refractivity contribution in [3.05, 3.63) is 46.7 Å². The SMILES string of the molecule is Cl.O=C(CNCC1CC1)Nc1ccccc1NC(=O)Cc1cccs1. The van der Waals surface area contributed by atoms with Crippen molar-refractivity contribution in [2.45, 2.75) is 19.3 Å². The van der Waals surface area contributed by atoms with E-state index >= 15 is 0 Å². The summed E-state index contributed by atoms with van der Waals surface area (Å²) < 4.78 is 0. The molecule has 0 spiro atoms. The largest absolute Gasteiger partial charge is 0.324 e. The van der Waals surface area contributed by atoms with E-state index in [9.17, 15) is 9.59 Å². The number of benzene rings is 1. The quantitative estimate of drug-likeness (QED) is 0.659. The lowest BCUT2D eigenvalue weighted by atomic mass is 10.2. The van der Waals surface area contributed by atoms with Crippen LogP contribution < -0.4 is 16.0 Å². The number of amides is 2. The van der Waals surface area contributed by atoms with Crippen LogP contribution in [0.2, 0.25) is 0 Å². The molecule has 1 saturated carbocycles. The second-order valence-corrected chi connectivity index (χ2v) is 7.00. The highest BCUT2D eigenvalue weighted by atomic mass is 35.5. The zero-order valence-electron chi connectivity index (χ0n) is 13.8. The van der Waals surface area contributed by atoms with Crippen molar-refractivity contribution in [3.63, 3.8) is 0 Å². The smallest absolute Gasteiger partial charge is 0.238 e. The van der Waals surface area contributed by atoms with Gasteiger partial charge in [-0.25, -0.2) is 0 Å². The van der Waals surface area contributed by atoms with Gasteiger partial charge in [-0.05, 0) is 48.9 Å². The molecule has 1 aliphatic carbocycles. The second kappa shape index (κ2) is 9.56. The van der Waals surface area contributed by atoms with E-state index in [4.69, 9.17) is 0 Å². The Kier molecular flexibility index (Phi) is 7.43. The molecular formula is C18H22ClN3O2S. The first kappa shape index (κ1) is 19.4. The normalized spacial score (nSPS) is 13.0. The van der Waals surface area contributed by atoms with Crippen LogP contribution in [-0.4, -0.2) is 24.9 Å². The zero-order chi connectivity index (χ0) is 16.8. The van der Waals surface area contributed by atoms with Gasteiger partial charge < -0.3 is 16.0 Å². The fraction of sp³-hybridized carbons (Fsp3) is 0.333. The minimum atomic E-state index is -0.101. The van der Waals surface area contributed by atoms with Crippen molar-refractivity contribution in [1.29, 1.82) is 0 Å². The fourth-order valence-corrected chi connectivity index (χ4v) is 3.08. The van der Waals surface area contributed by atoms with Gasteiger partial charge in [-0.3, -0.25) is 9.59 Å². The molecule has 0 bridgehead atoms. The van der Waals surface area contributed by atoms with Crippen molar-refractivity contribution in [2.75, 3.05) is 23.7 Å². The summed E-state index contributed by atoms with van der Waals surface area (Å²) in [5.74, 6) is 0.545. The molecule has 25 heavy (non-hydrogen) atoms. The highest BCUT2D eigenvalue weighted by Gasteiger charge is 2.20. The van der Waals surface area contributed by atoms with E-state index in [1.165, 1.54) is 12.8 Å². The number of rotatable bonds is 8. The molecule has 1 heterocycles. The minimum absolute atomic E-state index is 0. The molecule has 0 radical (unpaired) electrons. The topological polar surface area (TPSA) is 70.2 Å². The van der Waals surface area contributed by atoms with Crippen molar-refractivity contribution in [3.8, 4) is 0 Å². The highest BCUT2D eigenvalue weighted by Crippen LogP contribution is 2.27. The third-order valence-corrected chi connectivity index (χ3v) is 4.68. The summed E-state index contributed by atoms with van der Waals surface area (Å²) >= 11 is 1.55. The molecule has 3 rings (SSSR count). The van der Waals surface area contributed by atoms with Crippen LogP contribution in [0.5, 0.6) is 0 Å².